The maximum Gasteiger partial charge on any atom is 0.317 e. The summed E-state index contributed by atoms with van der Waals surface area (Å²) in [7, 11) is 1.50. The van der Waals surface area contributed by atoms with Crippen molar-refractivity contribution in [2.45, 2.75) is 82.6 Å². The Hall–Kier alpha value is -3.70. The van der Waals surface area contributed by atoms with Crippen LogP contribution in [0.4, 0.5) is 0 Å². The molecule has 0 bridgehead atoms. The fraction of sp³-hybridized carbons (Fsp3) is 0.605. The Bertz CT molecular complexity index is 1160. The normalized spacial score (nSPS) is 15.7. The van der Waals surface area contributed by atoms with Gasteiger partial charge < -0.3 is 21.4 Å². The second-order valence-electron chi connectivity index (χ2n) is 11.8. The summed E-state index contributed by atoms with van der Waals surface area (Å²) in [6.45, 7) is 28.0. The average molecular weight is 758 g/mol. The van der Waals surface area contributed by atoms with E-state index in [0.717, 1.165) is 17.0 Å². The molecule has 0 aliphatic carbocycles. The van der Waals surface area contributed by atoms with Crippen molar-refractivity contribution in [1.29, 1.82) is 5.41 Å². The Labute approximate surface area is 330 Å². The fourth-order valence-corrected chi connectivity index (χ4v) is 4.44. The molecular weight excluding hydrogens is 679 g/mol. The molecule has 0 aromatic carbocycles. The van der Waals surface area contributed by atoms with E-state index in [9.17, 15) is 19.8 Å². The van der Waals surface area contributed by atoms with Crippen molar-refractivity contribution in [3.8, 4) is 0 Å². The summed E-state index contributed by atoms with van der Waals surface area (Å²) < 4.78 is 0. The molecule has 0 aromatic rings. The number of carboxylic acids is 2. The lowest BCUT2D eigenvalue weighted by Crippen LogP contribution is -2.48. The predicted octanol–water partition coefficient (Wildman–Crippen LogP) is 7.42. The van der Waals surface area contributed by atoms with Gasteiger partial charge in [0, 0.05) is 77.6 Å². The molecule has 1 aliphatic heterocycles. The largest absolute Gasteiger partial charge is 0.480 e. The number of aliphatic imine (C=N–C) groups is 1. The molecule has 0 unspecified atom stereocenters. The Morgan fingerprint density at radius 2 is 1.19 bits per heavy atom. The van der Waals surface area contributed by atoms with Crippen LogP contribution in [-0.2, 0) is 9.59 Å². The smallest absolute Gasteiger partial charge is 0.317 e. The van der Waals surface area contributed by atoms with E-state index in [1.165, 1.54) is 13.3 Å². The Morgan fingerprint density at radius 3 is 1.56 bits per heavy atom. The van der Waals surface area contributed by atoms with Crippen LogP contribution in [0.25, 0.3) is 0 Å². The van der Waals surface area contributed by atoms with Gasteiger partial charge in [0.25, 0.3) is 0 Å². The molecule has 54 heavy (non-hydrogen) atoms. The third kappa shape index (κ3) is 35.3. The number of rotatable bonds is 15. The van der Waals surface area contributed by atoms with Crippen LogP contribution in [0.2, 0.25) is 0 Å². The minimum atomic E-state index is -0.859. The monoisotopic (exact) mass is 758 g/mol. The molecule has 1 rings (SSSR count). The van der Waals surface area contributed by atoms with Gasteiger partial charge in [-0.2, -0.15) is 0 Å². The molecule has 1 fully saturated rings. The second kappa shape index (κ2) is 42.0. The first kappa shape index (κ1) is 57.0. The topological polar surface area (TPSA) is 150 Å². The third-order valence-corrected chi connectivity index (χ3v) is 7.54. The number of nitrogens with one attached hydrogen (secondary N) is 1. The van der Waals surface area contributed by atoms with E-state index in [-0.39, 0.29) is 13.1 Å². The van der Waals surface area contributed by atoms with Crippen LogP contribution in [0.5, 0.6) is 0 Å². The Balaban J connectivity index is -0.00000113. The molecule has 0 amide bonds. The van der Waals surface area contributed by atoms with E-state index in [0.29, 0.717) is 77.8 Å². The number of aliphatic carboxylic acids is 2. The summed E-state index contributed by atoms with van der Waals surface area (Å²) in [5.74, 6) is -1.42. The standard InChI is InChI=1S/C34H54N6O4.C4H8.2C2H6.CH5N/c1-6-8-9-15-32(36-30(5)29(3)4)26-38-22-24-39(27-33(41)42)20-18-37(19-21-40(25-23-38)28-34(43)44)17-11-14-31(12-7-2)13-10-16-35;1-3-4-2;3*1-2/h6-9,11-14,16,29,35H,10,17-28H2,1-5H3,(H,41,42)(H,43,44);3-4H,1-2H3;2*1-2H3;2H2,1H3/b8-6-,12-7+,14-11+,31-13-,35-16?,36-30?;4-3-;;;. The van der Waals surface area contributed by atoms with Crippen molar-refractivity contribution in [2.24, 2.45) is 16.6 Å². The molecular formula is C43H79N7O4. The van der Waals surface area contributed by atoms with Crippen molar-refractivity contribution < 1.29 is 19.8 Å². The highest BCUT2D eigenvalue weighted by atomic mass is 16.4. The van der Waals surface area contributed by atoms with E-state index in [1.54, 1.807) is 0 Å². The first-order valence-electron chi connectivity index (χ1n) is 19.6. The highest BCUT2D eigenvalue weighted by Crippen LogP contribution is 2.08. The van der Waals surface area contributed by atoms with E-state index in [2.05, 4.69) is 41.2 Å². The van der Waals surface area contributed by atoms with Gasteiger partial charge in [-0.3, -0.25) is 34.2 Å². The SMILES string of the molecule is C/C=C\C.C/C=C\C=C=C(CN1CCN(CC(=O)O)CCN(C/C=C/C(=C\CC=N)/C=C/C)CCN(CC(=O)O)CC1)N=C(C)C(C)C.CC.CC.CN. The van der Waals surface area contributed by atoms with Gasteiger partial charge in [-0.1, -0.05) is 102 Å². The lowest BCUT2D eigenvalue weighted by atomic mass is 10.1. The zero-order chi connectivity index (χ0) is 42.2. The van der Waals surface area contributed by atoms with Gasteiger partial charge in [0.15, 0.2) is 0 Å². The van der Waals surface area contributed by atoms with Gasteiger partial charge in [-0.25, -0.2) is 0 Å². The van der Waals surface area contributed by atoms with Crippen LogP contribution in [0.3, 0.4) is 0 Å². The molecule has 0 atom stereocenters. The van der Waals surface area contributed by atoms with E-state index >= 15 is 0 Å². The molecule has 11 nitrogen and oxygen atoms in total. The van der Waals surface area contributed by atoms with Crippen molar-refractivity contribution in [3.05, 3.63) is 77.8 Å². The number of carboxylic acid groups (broad SMARTS) is 2. The maximum atomic E-state index is 11.7. The highest BCUT2D eigenvalue weighted by Gasteiger charge is 2.19. The van der Waals surface area contributed by atoms with Crippen LogP contribution in [0, 0.1) is 11.3 Å². The number of hydrogen-bond acceptors (Lipinski definition) is 9. The molecule has 0 spiro atoms. The summed E-state index contributed by atoms with van der Waals surface area (Å²) >= 11 is 0. The first-order valence-corrected chi connectivity index (χ1v) is 19.6. The predicted molar refractivity (Wildman–Crippen MR) is 234 cm³/mol. The minimum Gasteiger partial charge on any atom is -0.480 e. The van der Waals surface area contributed by atoms with Crippen molar-refractivity contribution in [1.82, 2.24) is 19.6 Å². The van der Waals surface area contributed by atoms with Crippen LogP contribution in [-0.4, -0.2) is 139 Å². The van der Waals surface area contributed by atoms with E-state index in [1.807, 2.05) is 127 Å². The molecule has 11 heteroatoms. The van der Waals surface area contributed by atoms with Gasteiger partial charge in [0.1, 0.15) is 0 Å². The van der Waals surface area contributed by atoms with Crippen LogP contribution < -0.4 is 5.73 Å². The molecule has 310 valence electrons. The molecule has 1 saturated heterocycles. The fourth-order valence-electron chi connectivity index (χ4n) is 4.44. The lowest BCUT2D eigenvalue weighted by molar-refractivity contribution is -0.139. The third-order valence-electron chi connectivity index (χ3n) is 7.54. The number of carbonyl (C=O) groups is 2. The zero-order valence-electron chi connectivity index (χ0n) is 36.1. The number of allylic oxidation sites excluding steroid dienone is 9. The van der Waals surface area contributed by atoms with Gasteiger partial charge in [-0.05, 0) is 65.4 Å². The maximum absolute atomic E-state index is 11.7. The average Bonchev–Trinajstić information content (AvgIpc) is 3.16. The number of hydrogen-bond donors (Lipinski definition) is 4. The Morgan fingerprint density at radius 1 is 0.741 bits per heavy atom. The zero-order valence-corrected chi connectivity index (χ0v) is 36.1. The van der Waals surface area contributed by atoms with E-state index in [4.69, 9.17) is 10.4 Å². The first-order chi connectivity index (χ1) is 26.0. The molecule has 0 radical (unpaired) electrons. The molecule has 1 heterocycles. The van der Waals surface area contributed by atoms with Gasteiger partial charge in [0.05, 0.1) is 18.8 Å². The van der Waals surface area contributed by atoms with Crippen LogP contribution in [0.1, 0.15) is 82.6 Å². The van der Waals surface area contributed by atoms with Gasteiger partial charge >= 0.3 is 11.9 Å². The lowest BCUT2D eigenvalue weighted by Gasteiger charge is -2.33. The second-order valence-corrected chi connectivity index (χ2v) is 11.8. The van der Waals surface area contributed by atoms with Crippen molar-refractivity contribution >= 4 is 23.9 Å². The van der Waals surface area contributed by atoms with Gasteiger partial charge in [-0.15, -0.1) is 0 Å². The summed E-state index contributed by atoms with van der Waals surface area (Å²) in [4.78, 5) is 36.7. The number of nitrogens with two attached hydrogens (primary N) is 1. The summed E-state index contributed by atoms with van der Waals surface area (Å²) in [5, 5.41) is 26.6. The van der Waals surface area contributed by atoms with Crippen LogP contribution >= 0.6 is 0 Å². The van der Waals surface area contributed by atoms with Crippen molar-refractivity contribution in [3.63, 3.8) is 0 Å². The highest BCUT2D eigenvalue weighted by molar-refractivity contribution is 5.84. The summed E-state index contributed by atoms with van der Waals surface area (Å²) in [6.07, 6.45) is 21.7. The molecule has 5 N–H and O–H groups in total. The van der Waals surface area contributed by atoms with Gasteiger partial charge in [0.2, 0.25) is 0 Å². The molecule has 0 saturated carbocycles. The molecule has 0 aromatic heterocycles. The Kier molecular flexibility index (Phi) is 44.4. The summed E-state index contributed by atoms with van der Waals surface area (Å²) in [6, 6.07) is 0. The summed E-state index contributed by atoms with van der Waals surface area (Å²) in [5.41, 5.74) is 10.6. The minimum absolute atomic E-state index is 0.0467. The number of nitrogens with zero attached hydrogens (tertiary/aromatic N) is 5. The molecule has 1 aliphatic rings. The van der Waals surface area contributed by atoms with E-state index < -0.39 is 11.9 Å². The quantitative estimate of drug-likeness (QED) is 0.0580. The van der Waals surface area contributed by atoms with Crippen LogP contribution in [0.15, 0.2) is 82.8 Å². The van der Waals surface area contributed by atoms with Crippen molar-refractivity contribution in [2.75, 3.05) is 85.6 Å².